The van der Waals surface area contributed by atoms with E-state index in [2.05, 4.69) is 50.1 Å². The van der Waals surface area contributed by atoms with Gasteiger partial charge in [0.25, 0.3) is 0 Å². The summed E-state index contributed by atoms with van der Waals surface area (Å²) in [6.45, 7) is 4.08. The van der Waals surface area contributed by atoms with Crippen molar-refractivity contribution >= 4 is 39.3 Å². The van der Waals surface area contributed by atoms with Crippen molar-refractivity contribution in [3.63, 3.8) is 0 Å². The summed E-state index contributed by atoms with van der Waals surface area (Å²) >= 11 is 3.47. The summed E-state index contributed by atoms with van der Waals surface area (Å²) in [6.07, 6.45) is 0.812. The summed E-state index contributed by atoms with van der Waals surface area (Å²) in [5, 5.41) is 9.33. The number of halogens is 1. The lowest BCUT2D eigenvalue weighted by molar-refractivity contribution is 0.112. The molecule has 4 nitrogen and oxygen atoms in total. The Bertz CT molecular complexity index is 623. The third kappa shape index (κ3) is 4.49. The average Bonchev–Trinajstić information content (AvgIpc) is 2.59. The van der Waals surface area contributed by atoms with Crippen LogP contribution in [0, 0.1) is 0 Å². The maximum atomic E-state index is 10.6. The Morgan fingerprint density at radius 3 is 2.00 bits per heavy atom. The number of rotatable bonds is 7. The molecule has 0 bridgehead atoms. The van der Waals surface area contributed by atoms with Crippen LogP contribution in [-0.4, -0.2) is 24.7 Å². The highest BCUT2D eigenvalue weighted by atomic mass is 79.9. The van der Waals surface area contributed by atoms with Crippen LogP contribution in [0.3, 0.4) is 0 Å². The molecule has 0 aliphatic carbocycles. The molecule has 22 heavy (non-hydrogen) atoms. The minimum Gasteiger partial charge on any atom is -0.371 e. The SMILES string of the molecule is CCN(CCBr)c1ccc(/N=N/c2ccc(C=O)cc2)cc1. The highest BCUT2D eigenvalue weighted by molar-refractivity contribution is 9.09. The van der Waals surface area contributed by atoms with Crippen molar-refractivity contribution in [2.75, 3.05) is 23.3 Å². The molecule has 2 rings (SSSR count). The van der Waals surface area contributed by atoms with Gasteiger partial charge in [0.05, 0.1) is 11.4 Å². The molecular formula is C17H18BrN3O. The first-order valence-electron chi connectivity index (χ1n) is 7.14. The highest BCUT2D eigenvalue weighted by Crippen LogP contribution is 2.22. The maximum absolute atomic E-state index is 10.6. The zero-order valence-electron chi connectivity index (χ0n) is 12.4. The highest BCUT2D eigenvalue weighted by Gasteiger charge is 2.02. The molecule has 2 aromatic rings. The van der Waals surface area contributed by atoms with Gasteiger partial charge < -0.3 is 4.90 Å². The van der Waals surface area contributed by atoms with E-state index in [1.165, 1.54) is 5.69 Å². The predicted octanol–water partition coefficient (Wildman–Crippen LogP) is 5.14. The van der Waals surface area contributed by atoms with Gasteiger partial charge in [0.1, 0.15) is 6.29 Å². The molecule has 0 saturated carbocycles. The third-order valence-electron chi connectivity index (χ3n) is 3.26. The molecule has 0 N–H and O–H groups in total. The smallest absolute Gasteiger partial charge is 0.150 e. The Morgan fingerprint density at radius 1 is 1.00 bits per heavy atom. The summed E-state index contributed by atoms with van der Waals surface area (Å²) in [5.41, 5.74) is 3.34. The Morgan fingerprint density at radius 2 is 1.55 bits per heavy atom. The minimum atomic E-state index is 0.634. The van der Waals surface area contributed by atoms with E-state index in [4.69, 9.17) is 0 Å². The molecule has 5 heteroatoms. The number of nitrogens with zero attached hydrogens (tertiary/aromatic N) is 3. The molecular weight excluding hydrogens is 342 g/mol. The normalized spacial score (nSPS) is 10.8. The van der Waals surface area contributed by atoms with E-state index < -0.39 is 0 Å². The molecule has 0 saturated heterocycles. The van der Waals surface area contributed by atoms with Crippen LogP contribution in [0.25, 0.3) is 0 Å². The van der Waals surface area contributed by atoms with Gasteiger partial charge >= 0.3 is 0 Å². The van der Waals surface area contributed by atoms with Crippen LogP contribution in [0.15, 0.2) is 58.8 Å². The summed E-state index contributed by atoms with van der Waals surface area (Å²) in [5.74, 6) is 0. The molecule has 0 aromatic heterocycles. The topological polar surface area (TPSA) is 45.0 Å². The van der Waals surface area contributed by atoms with E-state index in [1.54, 1.807) is 24.3 Å². The minimum absolute atomic E-state index is 0.634. The van der Waals surface area contributed by atoms with Crippen molar-refractivity contribution in [1.82, 2.24) is 0 Å². The fraction of sp³-hybridized carbons (Fsp3) is 0.235. The first kappa shape index (κ1) is 16.4. The van der Waals surface area contributed by atoms with Crippen LogP contribution in [0.2, 0.25) is 0 Å². The Balaban J connectivity index is 2.06. The monoisotopic (exact) mass is 359 g/mol. The molecule has 0 aliphatic heterocycles. The zero-order chi connectivity index (χ0) is 15.8. The van der Waals surface area contributed by atoms with E-state index in [9.17, 15) is 4.79 Å². The van der Waals surface area contributed by atoms with Crippen LogP contribution in [0.1, 0.15) is 17.3 Å². The van der Waals surface area contributed by atoms with Crippen LogP contribution in [0.5, 0.6) is 0 Å². The zero-order valence-corrected chi connectivity index (χ0v) is 14.0. The molecule has 0 radical (unpaired) electrons. The lowest BCUT2D eigenvalue weighted by Crippen LogP contribution is -2.24. The van der Waals surface area contributed by atoms with Crippen molar-refractivity contribution < 1.29 is 4.79 Å². The molecule has 0 unspecified atom stereocenters. The molecule has 0 spiro atoms. The average molecular weight is 360 g/mol. The standard InChI is InChI=1S/C17H18BrN3O/c1-2-21(12-11-18)17-9-7-16(8-10-17)20-19-15-5-3-14(13-22)4-6-15/h3-10,13H,2,11-12H2,1H3/b20-19+. The number of carbonyl (C=O) groups excluding carboxylic acids is 1. The van der Waals surface area contributed by atoms with Crippen molar-refractivity contribution in [2.45, 2.75) is 6.92 Å². The van der Waals surface area contributed by atoms with Crippen molar-refractivity contribution in [3.8, 4) is 0 Å². The van der Waals surface area contributed by atoms with Crippen LogP contribution in [-0.2, 0) is 0 Å². The second kappa shape index (κ2) is 8.44. The fourth-order valence-electron chi connectivity index (χ4n) is 2.04. The van der Waals surface area contributed by atoms with E-state index in [0.717, 1.165) is 36.1 Å². The van der Waals surface area contributed by atoms with Crippen LogP contribution in [0.4, 0.5) is 17.1 Å². The Labute approximate surface area is 139 Å². The van der Waals surface area contributed by atoms with E-state index >= 15 is 0 Å². The van der Waals surface area contributed by atoms with Gasteiger partial charge in [-0.2, -0.15) is 10.2 Å². The van der Waals surface area contributed by atoms with Gasteiger partial charge in [0, 0.05) is 29.7 Å². The summed E-state index contributed by atoms with van der Waals surface area (Å²) in [7, 11) is 0. The second-order valence-corrected chi connectivity index (χ2v) is 5.49. The van der Waals surface area contributed by atoms with Gasteiger partial charge in [-0.25, -0.2) is 0 Å². The molecule has 2 aromatic carbocycles. The number of hydrogen-bond acceptors (Lipinski definition) is 4. The number of carbonyl (C=O) groups is 1. The van der Waals surface area contributed by atoms with Crippen LogP contribution >= 0.6 is 15.9 Å². The Hall–Kier alpha value is -2.01. The predicted molar refractivity (Wildman–Crippen MR) is 94.1 cm³/mol. The number of anilines is 1. The second-order valence-electron chi connectivity index (χ2n) is 4.69. The number of azo groups is 1. The molecule has 0 aliphatic rings. The van der Waals surface area contributed by atoms with Gasteiger partial charge in [0.15, 0.2) is 0 Å². The van der Waals surface area contributed by atoms with Gasteiger partial charge in [-0.15, -0.1) is 0 Å². The molecule has 0 heterocycles. The van der Waals surface area contributed by atoms with Gasteiger partial charge in [-0.1, -0.05) is 15.9 Å². The molecule has 0 fully saturated rings. The lowest BCUT2D eigenvalue weighted by Gasteiger charge is -2.21. The van der Waals surface area contributed by atoms with Crippen molar-refractivity contribution in [1.29, 1.82) is 0 Å². The molecule has 0 atom stereocenters. The fourth-order valence-corrected chi connectivity index (χ4v) is 2.47. The quantitative estimate of drug-likeness (QED) is 0.390. The number of benzene rings is 2. The summed E-state index contributed by atoms with van der Waals surface area (Å²) in [6, 6.07) is 15.0. The summed E-state index contributed by atoms with van der Waals surface area (Å²) < 4.78 is 0. The Kier molecular flexibility index (Phi) is 6.27. The first-order chi connectivity index (χ1) is 10.8. The van der Waals surface area contributed by atoms with Crippen molar-refractivity contribution in [3.05, 3.63) is 54.1 Å². The van der Waals surface area contributed by atoms with Gasteiger partial charge in [-0.05, 0) is 55.5 Å². The van der Waals surface area contributed by atoms with Crippen molar-refractivity contribution in [2.24, 2.45) is 10.2 Å². The lowest BCUT2D eigenvalue weighted by atomic mass is 10.2. The number of alkyl halides is 1. The molecule has 0 amide bonds. The number of hydrogen-bond donors (Lipinski definition) is 0. The van der Waals surface area contributed by atoms with E-state index in [-0.39, 0.29) is 0 Å². The van der Waals surface area contributed by atoms with Gasteiger partial charge in [0.2, 0.25) is 0 Å². The maximum Gasteiger partial charge on any atom is 0.150 e. The van der Waals surface area contributed by atoms with Crippen LogP contribution < -0.4 is 4.90 Å². The summed E-state index contributed by atoms with van der Waals surface area (Å²) in [4.78, 5) is 12.9. The van der Waals surface area contributed by atoms with Gasteiger partial charge in [-0.3, -0.25) is 4.79 Å². The largest absolute Gasteiger partial charge is 0.371 e. The van der Waals surface area contributed by atoms with E-state index in [1.807, 2.05) is 12.1 Å². The third-order valence-corrected chi connectivity index (χ3v) is 3.62. The number of aldehydes is 1. The molecule has 114 valence electrons. The van der Waals surface area contributed by atoms with E-state index in [0.29, 0.717) is 5.56 Å². The first-order valence-corrected chi connectivity index (χ1v) is 8.27.